The maximum Gasteiger partial charge on any atom is 0.213 e. The Hall–Kier alpha value is -0.610. The standard InChI is InChI=1S/C9H17NO3/c1-3-13-8(10)9(11-2)4-6-12-7-5-9/h10H,3-7H2,1-2H3. The molecule has 0 aliphatic carbocycles. The Bertz CT molecular complexity index is 176. The predicted molar refractivity (Wildman–Crippen MR) is 49.1 cm³/mol. The fourth-order valence-corrected chi connectivity index (χ4v) is 1.50. The minimum Gasteiger partial charge on any atom is -0.479 e. The summed E-state index contributed by atoms with van der Waals surface area (Å²) in [6.45, 7) is 3.68. The summed E-state index contributed by atoms with van der Waals surface area (Å²) < 4.78 is 15.8. The SMILES string of the molecule is CCOC(=N)C1(OC)CCOCC1. The molecule has 0 unspecified atom stereocenters. The number of hydrogen-bond acceptors (Lipinski definition) is 4. The first-order valence-electron chi connectivity index (χ1n) is 4.60. The zero-order valence-corrected chi connectivity index (χ0v) is 8.26. The van der Waals surface area contributed by atoms with Gasteiger partial charge in [-0.15, -0.1) is 0 Å². The van der Waals surface area contributed by atoms with Crippen LogP contribution in [-0.4, -0.2) is 38.4 Å². The van der Waals surface area contributed by atoms with E-state index in [0.717, 1.165) is 0 Å². The quantitative estimate of drug-likeness (QED) is 0.533. The van der Waals surface area contributed by atoms with Crippen LogP contribution in [-0.2, 0) is 14.2 Å². The maximum absolute atomic E-state index is 7.73. The van der Waals surface area contributed by atoms with Crippen molar-refractivity contribution in [1.29, 1.82) is 5.41 Å². The molecule has 4 nitrogen and oxygen atoms in total. The molecule has 1 saturated heterocycles. The first kappa shape index (κ1) is 10.5. The average molecular weight is 187 g/mol. The minimum atomic E-state index is -0.533. The van der Waals surface area contributed by atoms with Crippen LogP contribution in [0.4, 0.5) is 0 Å². The van der Waals surface area contributed by atoms with Gasteiger partial charge >= 0.3 is 0 Å². The van der Waals surface area contributed by atoms with Gasteiger partial charge in [0.2, 0.25) is 5.90 Å². The van der Waals surface area contributed by atoms with Crippen molar-refractivity contribution in [1.82, 2.24) is 0 Å². The molecular formula is C9H17NO3. The van der Waals surface area contributed by atoms with E-state index in [9.17, 15) is 0 Å². The Balaban J connectivity index is 2.61. The van der Waals surface area contributed by atoms with E-state index >= 15 is 0 Å². The molecule has 0 aromatic rings. The Kier molecular flexibility index (Phi) is 3.69. The molecule has 0 radical (unpaired) electrons. The van der Waals surface area contributed by atoms with Crippen LogP contribution in [0.2, 0.25) is 0 Å². The van der Waals surface area contributed by atoms with Crippen molar-refractivity contribution in [2.45, 2.75) is 25.4 Å². The molecule has 1 aliphatic rings. The van der Waals surface area contributed by atoms with Crippen molar-refractivity contribution in [2.24, 2.45) is 0 Å². The second-order valence-corrected chi connectivity index (χ2v) is 3.07. The van der Waals surface area contributed by atoms with E-state index in [0.29, 0.717) is 32.7 Å². The number of ether oxygens (including phenoxy) is 3. The van der Waals surface area contributed by atoms with Crippen molar-refractivity contribution in [3.05, 3.63) is 0 Å². The van der Waals surface area contributed by atoms with Gasteiger partial charge in [-0.25, -0.2) is 0 Å². The van der Waals surface area contributed by atoms with Gasteiger partial charge in [0.15, 0.2) is 0 Å². The lowest BCUT2D eigenvalue weighted by molar-refractivity contribution is -0.0586. The third kappa shape index (κ3) is 2.19. The van der Waals surface area contributed by atoms with Crippen molar-refractivity contribution in [3.63, 3.8) is 0 Å². The Morgan fingerprint density at radius 3 is 2.54 bits per heavy atom. The van der Waals surface area contributed by atoms with Crippen LogP contribution >= 0.6 is 0 Å². The third-order valence-corrected chi connectivity index (χ3v) is 2.39. The fourth-order valence-electron chi connectivity index (χ4n) is 1.50. The zero-order valence-electron chi connectivity index (χ0n) is 8.26. The van der Waals surface area contributed by atoms with E-state index < -0.39 is 5.60 Å². The largest absolute Gasteiger partial charge is 0.479 e. The lowest BCUT2D eigenvalue weighted by Gasteiger charge is -2.35. The molecule has 1 rings (SSSR count). The van der Waals surface area contributed by atoms with Gasteiger partial charge in [0, 0.05) is 33.2 Å². The van der Waals surface area contributed by atoms with Crippen LogP contribution < -0.4 is 0 Å². The maximum atomic E-state index is 7.73. The van der Waals surface area contributed by atoms with Gasteiger partial charge in [0.05, 0.1) is 6.61 Å². The molecular weight excluding hydrogens is 170 g/mol. The molecule has 1 fully saturated rings. The first-order chi connectivity index (χ1) is 6.25. The molecule has 13 heavy (non-hydrogen) atoms. The van der Waals surface area contributed by atoms with Crippen LogP contribution in [0, 0.1) is 5.41 Å². The van der Waals surface area contributed by atoms with Gasteiger partial charge in [-0.2, -0.15) is 0 Å². The molecule has 0 bridgehead atoms. The molecule has 4 heteroatoms. The van der Waals surface area contributed by atoms with Gasteiger partial charge in [-0.05, 0) is 6.92 Å². The fraction of sp³-hybridized carbons (Fsp3) is 0.889. The molecule has 0 saturated carbocycles. The van der Waals surface area contributed by atoms with E-state index in [4.69, 9.17) is 19.6 Å². The van der Waals surface area contributed by atoms with Gasteiger partial charge in [0.25, 0.3) is 0 Å². The summed E-state index contributed by atoms with van der Waals surface area (Å²) in [5, 5.41) is 7.73. The Labute approximate surface area is 78.7 Å². The normalized spacial score (nSPS) is 21.1. The smallest absolute Gasteiger partial charge is 0.213 e. The van der Waals surface area contributed by atoms with E-state index in [1.807, 2.05) is 6.92 Å². The monoisotopic (exact) mass is 187 g/mol. The second-order valence-electron chi connectivity index (χ2n) is 3.07. The highest BCUT2D eigenvalue weighted by Crippen LogP contribution is 2.25. The molecule has 1 N–H and O–H groups in total. The molecule has 0 amide bonds. The number of hydrogen-bond donors (Lipinski definition) is 1. The summed E-state index contributed by atoms with van der Waals surface area (Å²) in [6, 6.07) is 0. The van der Waals surface area contributed by atoms with Crippen LogP contribution in [0.25, 0.3) is 0 Å². The first-order valence-corrected chi connectivity index (χ1v) is 4.60. The highest BCUT2D eigenvalue weighted by molar-refractivity contribution is 5.82. The third-order valence-electron chi connectivity index (χ3n) is 2.39. The molecule has 0 aromatic heterocycles. The van der Waals surface area contributed by atoms with Crippen LogP contribution in [0.3, 0.4) is 0 Å². The van der Waals surface area contributed by atoms with Crippen molar-refractivity contribution >= 4 is 5.90 Å². The van der Waals surface area contributed by atoms with Gasteiger partial charge in [-0.3, -0.25) is 5.41 Å². The lowest BCUT2D eigenvalue weighted by Crippen LogP contribution is -2.46. The number of methoxy groups -OCH3 is 1. The van der Waals surface area contributed by atoms with Gasteiger partial charge in [0.1, 0.15) is 5.60 Å². The topological polar surface area (TPSA) is 51.5 Å². The summed E-state index contributed by atoms with van der Waals surface area (Å²) in [7, 11) is 1.62. The van der Waals surface area contributed by atoms with Crippen molar-refractivity contribution in [2.75, 3.05) is 26.9 Å². The van der Waals surface area contributed by atoms with E-state index in [2.05, 4.69) is 0 Å². The average Bonchev–Trinajstić information content (AvgIpc) is 2.19. The van der Waals surface area contributed by atoms with E-state index in [1.165, 1.54) is 0 Å². The van der Waals surface area contributed by atoms with E-state index in [-0.39, 0.29) is 5.90 Å². The molecule has 0 atom stereocenters. The minimum absolute atomic E-state index is 0.237. The van der Waals surface area contributed by atoms with Crippen molar-refractivity contribution < 1.29 is 14.2 Å². The Morgan fingerprint density at radius 2 is 2.08 bits per heavy atom. The summed E-state index contributed by atoms with van der Waals surface area (Å²) in [5.41, 5.74) is -0.533. The summed E-state index contributed by atoms with van der Waals surface area (Å²) >= 11 is 0. The highest BCUT2D eigenvalue weighted by atomic mass is 16.5. The Morgan fingerprint density at radius 1 is 1.46 bits per heavy atom. The van der Waals surface area contributed by atoms with Crippen LogP contribution in [0.1, 0.15) is 19.8 Å². The lowest BCUT2D eigenvalue weighted by atomic mass is 9.94. The van der Waals surface area contributed by atoms with Gasteiger partial charge < -0.3 is 14.2 Å². The molecule has 0 spiro atoms. The van der Waals surface area contributed by atoms with Gasteiger partial charge in [-0.1, -0.05) is 0 Å². The number of rotatable bonds is 3. The van der Waals surface area contributed by atoms with E-state index in [1.54, 1.807) is 7.11 Å². The molecule has 0 aromatic carbocycles. The second kappa shape index (κ2) is 4.58. The highest BCUT2D eigenvalue weighted by Gasteiger charge is 2.38. The predicted octanol–water partition coefficient (Wildman–Crippen LogP) is 1.20. The summed E-state index contributed by atoms with van der Waals surface area (Å²) in [6.07, 6.45) is 1.42. The number of nitrogens with one attached hydrogen (secondary N) is 1. The van der Waals surface area contributed by atoms with Crippen molar-refractivity contribution in [3.8, 4) is 0 Å². The summed E-state index contributed by atoms with van der Waals surface area (Å²) in [4.78, 5) is 0. The summed E-state index contributed by atoms with van der Waals surface area (Å²) in [5.74, 6) is 0.237. The molecule has 1 aliphatic heterocycles. The van der Waals surface area contributed by atoms with Crippen LogP contribution in [0.5, 0.6) is 0 Å². The molecule has 76 valence electrons. The molecule has 1 heterocycles. The zero-order chi connectivity index (χ0) is 9.73. The van der Waals surface area contributed by atoms with Crippen LogP contribution in [0.15, 0.2) is 0 Å².